The fraction of sp³-hybridized carbons (Fsp3) is 0.400. The summed E-state index contributed by atoms with van der Waals surface area (Å²) in [6, 6.07) is 10.9. The van der Waals surface area contributed by atoms with E-state index in [1.54, 1.807) is 0 Å². The predicted octanol–water partition coefficient (Wildman–Crippen LogP) is 3.86. The van der Waals surface area contributed by atoms with E-state index in [4.69, 9.17) is 0 Å². The van der Waals surface area contributed by atoms with E-state index < -0.39 is 0 Å². The normalized spacial score (nSPS) is 13.5. The fourth-order valence-corrected chi connectivity index (χ4v) is 8.47. The molecule has 0 aliphatic rings. The second-order valence-corrected chi connectivity index (χ2v) is 12.8. The first kappa shape index (κ1) is 11.1. The van der Waals surface area contributed by atoms with Crippen molar-refractivity contribution in [2.75, 3.05) is 0 Å². The van der Waals surface area contributed by atoms with Gasteiger partial charge in [0, 0.05) is 0 Å². The van der Waals surface area contributed by atoms with Crippen molar-refractivity contribution in [3.63, 3.8) is 0 Å². The third kappa shape index (κ3) is 3.81. The summed E-state index contributed by atoms with van der Waals surface area (Å²) in [5.41, 5.74) is 2.38. The molecule has 2 unspecified atom stereocenters. The van der Waals surface area contributed by atoms with E-state index in [1.165, 1.54) is 11.1 Å². The second-order valence-electron chi connectivity index (χ2n) is 2.81. The van der Waals surface area contributed by atoms with Gasteiger partial charge >= 0.3 is 96.9 Å². The van der Waals surface area contributed by atoms with E-state index in [0.29, 0.717) is 0 Å². The van der Waals surface area contributed by atoms with Gasteiger partial charge in [-0.15, -0.1) is 0 Å². The molecule has 1 aromatic carbocycles. The van der Waals surface area contributed by atoms with E-state index in [9.17, 15) is 0 Å². The number of benzene rings is 1. The van der Waals surface area contributed by atoms with Crippen LogP contribution in [0, 0.1) is 35.9 Å². The molecule has 0 spiro atoms. The molecule has 0 radical (unpaired) electrons. The molecule has 0 aromatic heterocycles. The molecule has 0 saturated carbocycles. The molecule has 0 aliphatic heterocycles. The van der Waals surface area contributed by atoms with Crippen LogP contribution < -0.4 is 0 Å². The molecule has 1 aromatic rings. The van der Waals surface area contributed by atoms with Gasteiger partial charge in [0.2, 0.25) is 0 Å². The van der Waals surface area contributed by atoms with Crippen LogP contribution in [0.2, 0.25) is 2.07 Å². The van der Waals surface area contributed by atoms with Gasteiger partial charge in [0.1, 0.15) is 0 Å². The Hall–Kier alpha value is 1.00. The van der Waals surface area contributed by atoms with Gasteiger partial charge in [-0.1, -0.05) is 0 Å². The molecule has 1 rings (SSSR count). The molecule has 0 nitrogen and oxygen atoms in total. The topological polar surface area (TPSA) is 0 Å². The monoisotopic (exact) mass is 308 g/mol. The van der Waals surface area contributed by atoms with Crippen LogP contribution in [-0.4, -0.2) is 0 Å². The maximum absolute atomic E-state index is 2.37. The van der Waals surface area contributed by atoms with Gasteiger partial charge in [-0.05, 0) is 0 Å². The summed E-state index contributed by atoms with van der Waals surface area (Å²) in [7, 11) is 0. The zero-order chi connectivity index (χ0) is 8.81. The van der Waals surface area contributed by atoms with E-state index in [2.05, 4.69) is 44.2 Å². The quantitative estimate of drug-likeness (QED) is 0.741. The molecule has 0 amide bonds. The third-order valence-corrected chi connectivity index (χ3v) is 12.7. The Morgan fingerprint density at radius 3 is 2.58 bits per heavy atom. The average Bonchev–Trinajstić information content (AvgIpc) is 2.15. The van der Waals surface area contributed by atoms with Crippen molar-refractivity contribution in [2.45, 2.75) is 21.6 Å². The molecule has 64 valence electrons. The van der Waals surface area contributed by atoms with Crippen LogP contribution in [0.15, 0.2) is 30.3 Å². The second kappa shape index (κ2) is 6.45. The van der Waals surface area contributed by atoms with Gasteiger partial charge in [-0.25, -0.2) is 0 Å². The van der Waals surface area contributed by atoms with Gasteiger partial charge in [0.05, 0.1) is 0 Å². The average molecular weight is 310 g/mol. The zero-order valence-electron chi connectivity index (χ0n) is 7.67. The Morgan fingerprint density at radius 2 is 2.00 bits per heavy atom. The van der Waals surface area contributed by atoms with Gasteiger partial charge in [-0.3, -0.25) is 0 Å². The molecular weight excluding hydrogens is 295 g/mol. The van der Waals surface area contributed by atoms with Crippen molar-refractivity contribution in [2.24, 2.45) is 0 Å². The Kier molecular flexibility index (Phi) is 5.96. The molecule has 0 saturated heterocycles. The SMILES string of the molecule is C[CH2][Nd][PH]C(C)c1ccccc1. The van der Waals surface area contributed by atoms with Crippen LogP contribution in [-0.2, 0) is 0 Å². The van der Waals surface area contributed by atoms with E-state index in [1.807, 2.05) is 0 Å². The van der Waals surface area contributed by atoms with Crippen molar-refractivity contribution in [3.8, 4) is 0 Å². The van der Waals surface area contributed by atoms with Gasteiger partial charge in [0.25, 0.3) is 0 Å². The summed E-state index contributed by atoms with van der Waals surface area (Å²) < 4.78 is 2.79. The molecular formula is C10H15NdP. The minimum absolute atomic E-state index is 0.187. The Balaban J connectivity index is 2.48. The molecule has 2 atom stereocenters. The number of hydrogen-bond donors (Lipinski definition) is 0. The van der Waals surface area contributed by atoms with Gasteiger partial charge < -0.3 is 0 Å². The van der Waals surface area contributed by atoms with Crippen LogP contribution in [0.1, 0.15) is 25.1 Å². The molecule has 0 heterocycles. The van der Waals surface area contributed by atoms with Crippen molar-refractivity contribution >= 4 is 3.47 Å². The molecule has 2 heteroatoms. The van der Waals surface area contributed by atoms with Crippen molar-refractivity contribution in [1.29, 1.82) is 0 Å². The van der Waals surface area contributed by atoms with Crippen LogP contribution >= 0.6 is 3.47 Å². The van der Waals surface area contributed by atoms with Crippen LogP contribution in [0.3, 0.4) is 0 Å². The maximum atomic E-state index is 2.37. The summed E-state index contributed by atoms with van der Waals surface area (Å²) in [4.78, 5) is 0. The van der Waals surface area contributed by atoms with Crippen molar-refractivity contribution in [1.82, 2.24) is 0 Å². The Bertz CT molecular complexity index is 210. The van der Waals surface area contributed by atoms with Crippen LogP contribution in [0.5, 0.6) is 0 Å². The minimum atomic E-state index is -0.187. The first-order valence-electron chi connectivity index (χ1n) is 4.38. The summed E-state index contributed by atoms with van der Waals surface area (Å²) in [5, 5.41) is 0. The summed E-state index contributed by atoms with van der Waals surface area (Å²) in [6.07, 6.45) is 0. The molecule has 0 fully saturated rings. The number of hydrogen-bond acceptors (Lipinski definition) is 0. The van der Waals surface area contributed by atoms with Gasteiger partial charge in [0.15, 0.2) is 0 Å². The third-order valence-electron chi connectivity index (χ3n) is 1.79. The standard InChI is InChI=1S/C8H10P.C2H5.Nd/c1-7(9)8-5-3-2-4-6-8;1-2;/h2-7,9H,1H3;1H2,2H3;/q-1;;+1. The summed E-state index contributed by atoms with van der Waals surface area (Å²) in [6.45, 7) is 4.71. The number of rotatable bonds is 4. The molecule has 12 heavy (non-hydrogen) atoms. The predicted molar refractivity (Wildman–Crippen MR) is 53.7 cm³/mol. The van der Waals surface area contributed by atoms with E-state index in [0.717, 1.165) is 5.66 Å². The first-order chi connectivity index (χ1) is 5.84. The Morgan fingerprint density at radius 1 is 1.33 bits per heavy atom. The van der Waals surface area contributed by atoms with Crippen LogP contribution in [0.25, 0.3) is 0 Å². The molecule has 0 aliphatic carbocycles. The first-order valence-corrected chi connectivity index (χ1v) is 12.5. The van der Waals surface area contributed by atoms with Gasteiger partial charge in [-0.2, -0.15) is 0 Å². The molecule has 0 bridgehead atoms. The fourth-order valence-electron chi connectivity index (χ4n) is 1.08. The molecule has 0 N–H and O–H groups in total. The van der Waals surface area contributed by atoms with E-state index in [-0.39, 0.29) is 35.9 Å². The Labute approximate surface area is 95.7 Å². The summed E-state index contributed by atoms with van der Waals surface area (Å²) >= 11 is -0.187. The van der Waals surface area contributed by atoms with Crippen molar-refractivity contribution < 1.29 is 35.9 Å². The zero-order valence-corrected chi connectivity index (χ0v) is 11.9. The van der Waals surface area contributed by atoms with Crippen LogP contribution in [0.4, 0.5) is 0 Å². The van der Waals surface area contributed by atoms with Crippen molar-refractivity contribution in [3.05, 3.63) is 35.9 Å². The van der Waals surface area contributed by atoms with E-state index >= 15 is 0 Å². The summed E-state index contributed by atoms with van der Waals surface area (Å²) in [5.74, 6) is 0.